The first-order chi connectivity index (χ1) is 20.2. The highest BCUT2D eigenvalue weighted by atomic mass is 35.5. The number of para-hydroxylation sites is 1. The van der Waals surface area contributed by atoms with Gasteiger partial charge in [0, 0.05) is 48.5 Å². The van der Waals surface area contributed by atoms with E-state index >= 15 is 0 Å². The van der Waals surface area contributed by atoms with Gasteiger partial charge in [0.2, 0.25) is 5.89 Å². The second-order valence-electron chi connectivity index (χ2n) is 9.81. The first kappa shape index (κ1) is 27.7. The van der Waals surface area contributed by atoms with Crippen LogP contribution in [0.25, 0.3) is 56.0 Å². The molecule has 212 valence electrons. The molecular formula is C32H25ClFN3O4S. The summed E-state index contributed by atoms with van der Waals surface area (Å²) >= 11 is 6.35. The smallest absolute Gasteiger partial charge is 0.255 e. The van der Waals surface area contributed by atoms with Gasteiger partial charge in [0.05, 0.1) is 16.3 Å². The molecule has 1 N–H and O–H groups in total. The summed E-state index contributed by atoms with van der Waals surface area (Å²) in [5.74, 6) is -0.0300. The van der Waals surface area contributed by atoms with Gasteiger partial charge in [-0.05, 0) is 66.6 Å². The lowest BCUT2D eigenvalue weighted by molar-refractivity contribution is 0.0964. The molecule has 0 aliphatic heterocycles. The van der Waals surface area contributed by atoms with Crippen molar-refractivity contribution in [3.8, 4) is 33.9 Å². The molecule has 0 bridgehead atoms. The third-order valence-electron chi connectivity index (χ3n) is 7.24. The number of oxazole rings is 1. The van der Waals surface area contributed by atoms with Crippen LogP contribution >= 0.6 is 11.6 Å². The van der Waals surface area contributed by atoms with Crippen LogP contribution in [0, 0.1) is 12.7 Å². The Morgan fingerprint density at radius 1 is 0.976 bits per heavy atom. The molecule has 2 aromatic heterocycles. The molecule has 0 aliphatic carbocycles. The molecule has 1 atom stereocenters. The van der Waals surface area contributed by atoms with E-state index in [0.717, 1.165) is 16.7 Å². The number of furan rings is 1. The Bertz CT molecular complexity index is 2030. The van der Waals surface area contributed by atoms with Crippen molar-refractivity contribution in [2.75, 3.05) is 24.7 Å². The molecule has 6 aromatic rings. The Labute approximate surface area is 248 Å². The van der Waals surface area contributed by atoms with Crippen LogP contribution in [0.15, 0.2) is 81.6 Å². The van der Waals surface area contributed by atoms with Gasteiger partial charge in [0.25, 0.3) is 5.91 Å². The molecule has 0 radical (unpaired) electrons. The van der Waals surface area contributed by atoms with E-state index in [4.69, 9.17) is 20.4 Å². The lowest BCUT2D eigenvalue weighted by Crippen LogP contribution is -2.20. The van der Waals surface area contributed by atoms with Crippen molar-refractivity contribution in [1.82, 2.24) is 10.3 Å². The van der Waals surface area contributed by atoms with Crippen molar-refractivity contribution in [2.24, 2.45) is 0 Å². The predicted octanol–water partition coefficient (Wildman–Crippen LogP) is 7.77. The maximum Gasteiger partial charge on any atom is 0.255 e. The van der Waals surface area contributed by atoms with Gasteiger partial charge in [-0.25, -0.2) is 13.6 Å². The quantitative estimate of drug-likeness (QED) is 0.211. The van der Waals surface area contributed by atoms with Crippen LogP contribution in [0.3, 0.4) is 0 Å². The zero-order valence-corrected chi connectivity index (χ0v) is 24.7. The van der Waals surface area contributed by atoms with E-state index in [1.54, 1.807) is 47.9 Å². The zero-order valence-electron chi connectivity index (χ0n) is 23.1. The molecule has 0 fully saturated rings. The minimum absolute atomic E-state index is 0.306. The highest BCUT2D eigenvalue weighted by Gasteiger charge is 2.25. The van der Waals surface area contributed by atoms with E-state index in [0.29, 0.717) is 61.1 Å². The number of aromatic nitrogens is 1. The van der Waals surface area contributed by atoms with Crippen LogP contribution in [-0.2, 0) is 11.0 Å². The van der Waals surface area contributed by atoms with E-state index < -0.39 is 16.8 Å². The maximum atomic E-state index is 13.7. The predicted molar refractivity (Wildman–Crippen MR) is 166 cm³/mol. The topological polar surface area (TPSA) is 88.6 Å². The molecule has 1 amide bonds. The molecule has 4 aromatic carbocycles. The summed E-state index contributed by atoms with van der Waals surface area (Å²) in [7, 11) is 1.89. The largest absolute Gasteiger partial charge is 0.455 e. The standard InChI is InChI=1S/C32H25ClFN3O4S/c1-17-8-9-19(14-21(17)32-36-29-24(33)6-5-7-26(29)41-32)22-15-23-27(16-25(22)37(3)42(4)39)40-30(28(23)31(38)35-2)18-10-12-20(34)13-11-18/h5-16H,1-4H3,(H,35,38). The summed E-state index contributed by atoms with van der Waals surface area (Å²) in [6.07, 6.45) is 1.58. The summed E-state index contributed by atoms with van der Waals surface area (Å²) in [6, 6.07) is 20.6. The highest BCUT2D eigenvalue weighted by molar-refractivity contribution is 7.85. The van der Waals surface area contributed by atoms with Crippen LogP contribution < -0.4 is 9.62 Å². The molecule has 0 saturated carbocycles. The lowest BCUT2D eigenvalue weighted by Gasteiger charge is -2.20. The lowest BCUT2D eigenvalue weighted by atomic mass is 9.95. The summed E-state index contributed by atoms with van der Waals surface area (Å²) in [5.41, 5.74) is 6.25. The molecule has 0 aliphatic rings. The molecule has 42 heavy (non-hydrogen) atoms. The van der Waals surface area contributed by atoms with Crippen molar-refractivity contribution in [2.45, 2.75) is 6.92 Å². The Morgan fingerprint density at radius 3 is 2.40 bits per heavy atom. The van der Waals surface area contributed by atoms with E-state index in [1.807, 2.05) is 37.3 Å². The molecule has 6 rings (SSSR count). The first-order valence-corrected chi connectivity index (χ1v) is 14.9. The molecule has 0 spiro atoms. The minimum atomic E-state index is -1.37. The van der Waals surface area contributed by atoms with Gasteiger partial charge in [0.1, 0.15) is 33.7 Å². The number of anilines is 1. The number of carbonyl (C=O) groups is 1. The maximum absolute atomic E-state index is 13.7. The van der Waals surface area contributed by atoms with Crippen LogP contribution in [0.1, 0.15) is 15.9 Å². The van der Waals surface area contributed by atoms with Crippen molar-refractivity contribution in [3.63, 3.8) is 0 Å². The molecule has 10 heteroatoms. The van der Waals surface area contributed by atoms with Gasteiger partial charge >= 0.3 is 0 Å². The third kappa shape index (κ3) is 4.74. The van der Waals surface area contributed by atoms with Gasteiger partial charge < -0.3 is 14.2 Å². The van der Waals surface area contributed by atoms with Crippen LogP contribution in [0.2, 0.25) is 5.02 Å². The number of rotatable bonds is 6. The Morgan fingerprint density at radius 2 is 1.71 bits per heavy atom. The molecule has 2 heterocycles. The number of benzene rings is 4. The fraction of sp³-hybridized carbons (Fsp3) is 0.125. The number of nitrogens with zero attached hydrogens (tertiary/aromatic N) is 2. The second kappa shape index (κ2) is 10.7. The summed E-state index contributed by atoms with van der Waals surface area (Å²) < 4.78 is 40.3. The number of halogens is 2. The fourth-order valence-corrected chi connectivity index (χ4v) is 5.60. The SMILES string of the molecule is CNC(=O)c1c(-c2ccc(F)cc2)oc2cc(N(C)S(C)=O)c(-c3ccc(C)c(-c4nc5c(Cl)cccc5o4)c3)cc12. The van der Waals surface area contributed by atoms with Crippen LogP contribution in [-0.4, -0.2) is 35.5 Å². The molecule has 0 saturated heterocycles. The van der Waals surface area contributed by atoms with Gasteiger partial charge in [0.15, 0.2) is 5.58 Å². The van der Waals surface area contributed by atoms with Gasteiger partial charge in [-0.1, -0.05) is 29.8 Å². The van der Waals surface area contributed by atoms with E-state index in [1.165, 1.54) is 19.2 Å². The number of carbonyl (C=O) groups excluding carboxylic acids is 1. The second-order valence-corrected chi connectivity index (χ2v) is 11.6. The fourth-order valence-electron chi connectivity index (χ4n) is 4.97. The number of amides is 1. The third-order valence-corrected chi connectivity index (χ3v) is 8.51. The first-order valence-electron chi connectivity index (χ1n) is 13.0. The molecule has 1 unspecified atom stereocenters. The number of nitrogens with one attached hydrogen (secondary N) is 1. The van der Waals surface area contributed by atoms with Gasteiger partial charge in [-0.3, -0.25) is 9.10 Å². The average Bonchev–Trinajstić information content (AvgIpc) is 3.59. The average molecular weight is 602 g/mol. The number of aryl methyl sites for hydroxylation is 1. The zero-order chi connectivity index (χ0) is 29.7. The Kier molecular flexibility index (Phi) is 7.08. The van der Waals surface area contributed by atoms with E-state index in [2.05, 4.69) is 10.3 Å². The van der Waals surface area contributed by atoms with Crippen molar-refractivity contribution in [1.29, 1.82) is 0 Å². The Hall–Kier alpha value is -4.47. The monoisotopic (exact) mass is 601 g/mol. The molecule has 7 nitrogen and oxygen atoms in total. The van der Waals surface area contributed by atoms with Gasteiger partial charge in [-0.15, -0.1) is 0 Å². The van der Waals surface area contributed by atoms with Gasteiger partial charge in [-0.2, -0.15) is 0 Å². The normalized spacial score (nSPS) is 12.1. The van der Waals surface area contributed by atoms with E-state index in [9.17, 15) is 13.4 Å². The van der Waals surface area contributed by atoms with Crippen LogP contribution in [0.4, 0.5) is 10.1 Å². The minimum Gasteiger partial charge on any atom is -0.455 e. The van der Waals surface area contributed by atoms with Crippen molar-refractivity contribution < 1.29 is 22.2 Å². The van der Waals surface area contributed by atoms with Crippen molar-refractivity contribution in [3.05, 3.63) is 94.8 Å². The summed E-state index contributed by atoms with van der Waals surface area (Å²) in [6.45, 7) is 1.96. The molecular weight excluding hydrogens is 577 g/mol. The summed E-state index contributed by atoms with van der Waals surface area (Å²) in [4.78, 5) is 17.8. The number of hydrogen-bond acceptors (Lipinski definition) is 5. The Balaban J connectivity index is 1.61. The van der Waals surface area contributed by atoms with Crippen molar-refractivity contribution >= 4 is 56.3 Å². The number of hydrogen-bond donors (Lipinski definition) is 1. The number of fused-ring (bicyclic) bond motifs is 2. The summed E-state index contributed by atoms with van der Waals surface area (Å²) in [5, 5.41) is 3.74. The van der Waals surface area contributed by atoms with E-state index in [-0.39, 0.29) is 5.91 Å². The highest BCUT2D eigenvalue weighted by Crippen LogP contribution is 2.42. The van der Waals surface area contributed by atoms with Crippen LogP contribution in [0.5, 0.6) is 0 Å².